The van der Waals surface area contributed by atoms with E-state index in [4.69, 9.17) is 13.9 Å². The SMILES string of the molecule is O=C(O)c1occ2c1NC(=O)C(c1ccco1)N2. The molecule has 0 fully saturated rings. The maximum Gasteiger partial charge on any atom is 0.374 e. The zero-order chi connectivity index (χ0) is 12.7. The Hall–Kier alpha value is -2.70. The number of rotatable bonds is 2. The van der Waals surface area contributed by atoms with Crippen LogP contribution in [0.4, 0.5) is 11.4 Å². The molecule has 0 spiro atoms. The molecule has 3 heterocycles. The number of fused-ring (bicyclic) bond motifs is 1. The molecule has 0 bridgehead atoms. The largest absolute Gasteiger partial charge is 0.475 e. The molecule has 1 aliphatic heterocycles. The van der Waals surface area contributed by atoms with E-state index in [1.807, 2.05) is 0 Å². The number of carbonyl (C=O) groups is 2. The van der Waals surface area contributed by atoms with Crippen LogP contribution in [0.15, 0.2) is 33.5 Å². The number of furan rings is 2. The highest BCUT2D eigenvalue weighted by Crippen LogP contribution is 2.36. The van der Waals surface area contributed by atoms with E-state index in [0.717, 1.165) is 0 Å². The van der Waals surface area contributed by atoms with Gasteiger partial charge in [0.25, 0.3) is 5.91 Å². The Balaban J connectivity index is 1.98. The van der Waals surface area contributed by atoms with Crippen LogP contribution in [0.3, 0.4) is 0 Å². The third kappa shape index (κ3) is 1.45. The molecular formula is C11H8N2O5. The van der Waals surface area contributed by atoms with Crippen LogP contribution in [0, 0.1) is 0 Å². The number of hydrogen-bond acceptors (Lipinski definition) is 5. The summed E-state index contributed by atoms with van der Waals surface area (Å²) in [4.78, 5) is 22.7. The lowest BCUT2D eigenvalue weighted by atomic mass is 10.1. The van der Waals surface area contributed by atoms with Crippen molar-refractivity contribution in [1.82, 2.24) is 0 Å². The van der Waals surface area contributed by atoms with Gasteiger partial charge in [0, 0.05) is 0 Å². The van der Waals surface area contributed by atoms with Gasteiger partial charge in [0.1, 0.15) is 17.7 Å². The predicted octanol–water partition coefficient (Wildman–Crippen LogP) is 1.68. The van der Waals surface area contributed by atoms with Gasteiger partial charge < -0.3 is 24.6 Å². The zero-order valence-electron chi connectivity index (χ0n) is 8.97. The Morgan fingerprint density at radius 3 is 2.89 bits per heavy atom. The summed E-state index contributed by atoms with van der Waals surface area (Å²) < 4.78 is 10.0. The first-order chi connectivity index (χ1) is 8.66. The van der Waals surface area contributed by atoms with E-state index in [0.29, 0.717) is 11.4 Å². The first-order valence-electron chi connectivity index (χ1n) is 5.12. The van der Waals surface area contributed by atoms with Crippen LogP contribution in [0.5, 0.6) is 0 Å². The minimum atomic E-state index is -1.24. The summed E-state index contributed by atoms with van der Waals surface area (Å²) in [5.41, 5.74) is 0.545. The fraction of sp³-hybridized carbons (Fsp3) is 0.0909. The van der Waals surface area contributed by atoms with E-state index in [2.05, 4.69) is 10.6 Å². The summed E-state index contributed by atoms with van der Waals surface area (Å²) >= 11 is 0. The van der Waals surface area contributed by atoms with Crippen LogP contribution < -0.4 is 10.6 Å². The van der Waals surface area contributed by atoms with Gasteiger partial charge in [-0.1, -0.05) is 0 Å². The van der Waals surface area contributed by atoms with Gasteiger partial charge >= 0.3 is 5.97 Å². The number of carbonyl (C=O) groups excluding carboxylic acids is 1. The molecule has 2 aromatic heterocycles. The molecule has 1 amide bonds. The Morgan fingerprint density at radius 1 is 1.39 bits per heavy atom. The Kier molecular flexibility index (Phi) is 2.12. The topological polar surface area (TPSA) is 105 Å². The van der Waals surface area contributed by atoms with Crippen LogP contribution >= 0.6 is 0 Å². The summed E-state index contributed by atoms with van der Waals surface area (Å²) in [6.45, 7) is 0. The highest BCUT2D eigenvalue weighted by molar-refractivity contribution is 6.08. The lowest BCUT2D eigenvalue weighted by Gasteiger charge is -2.22. The molecule has 3 N–H and O–H groups in total. The van der Waals surface area contributed by atoms with Gasteiger partial charge in [-0.25, -0.2) is 4.79 Å². The minimum Gasteiger partial charge on any atom is -0.475 e. The van der Waals surface area contributed by atoms with Gasteiger partial charge in [-0.05, 0) is 12.1 Å². The van der Waals surface area contributed by atoms with Gasteiger partial charge in [0.15, 0.2) is 6.04 Å². The van der Waals surface area contributed by atoms with Crippen molar-refractivity contribution in [3.63, 3.8) is 0 Å². The minimum absolute atomic E-state index is 0.135. The van der Waals surface area contributed by atoms with Crippen molar-refractivity contribution in [2.45, 2.75) is 6.04 Å². The third-order valence-corrected chi connectivity index (χ3v) is 2.62. The van der Waals surface area contributed by atoms with Gasteiger partial charge in [0.2, 0.25) is 5.76 Å². The van der Waals surface area contributed by atoms with Crippen LogP contribution in [-0.4, -0.2) is 17.0 Å². The maximum absolute atomic E-state index is 11.9. The standard InChI is InChI=1S/C11H8N2O5/c14-10-8(6-2-1-3-17-6)12-5-4-18-9(11(15)16)7(5)13-10/h1-4,8,12H,(H,13,14)(H,15,16). The average Bonchev–Trinajstić information content (AvgIpc) is 2.95. The molecular weight excluding hydrogens is 240 g/mol. The van der Waals surface area contributed by atoms with E-state index < -0.39 is 17.9 Å². The van der Waals surface area contributed by atoms with E-state index in [9.17, 15) is 9.59 Å². The van der Waals surface area contributed by atoms with Crippen molar-refractivity contribution in [3.05, 3.63) is 36.2 Å². The summed E-state index contributed by atoms with van der Waals surface area (Å²) in [5, 5.41) is 14.2. The molecule has 18 heavy (non-hydrogen) atoms. The summed E-state index contributed by atoms with van der Waals surface area (Å²) in [6, 6.07) is 2.62. The number of anilines is 2. The van der Waals surface area contributed by atoms with Gasteiger partial charge in [0.05, 0.1) is 12.0 Å². The molecule has 0 radical (unpaired) electrons. The van der Waals surface area contributed by atoms with E-state index >= 15 is 0 Å². The second kappa shape index (κ2) is 3.66. The maximum atomic E-state index is 11.9. The number of aromatic carboxylic acids is 1. The van der Waals surface area contributed by atoms with Crippen molar-refractivity contribution in [1.29, 1.82) is 0 Å². The van der Waals surface area contributed by atoms with Crippen LogP contribution in [0.2, 0.25) is 0 Å². The van der Waals surface area contributed by atoms with E-state index in [1.54, 1.807) is 12.1 Å². The van der Waals surface area contributed by atoms with Crippen LogP contribution in [0.1, 0.15) is 22.4 Å². The molecule has 0 aliphatic carbocycles. The average molecular weight is 248 g/mol. The van der Waals surface area contributed by atoms with E-state index in [1.165, 1.54) is 12.5 Å². The summed E-state index contributed by atoms with van der Waals surface area (Å²) in [6.07, 6.45) is 2.70. The smallest absolute Gasteiger partial charge is 0.374 e. The van der Waals surface area contributed by atoms with Crippen molar-refractivity contribution >= 4 is 23.3 Å². The normalized spacial score (nSPS) is 17.8. The molecule has 3 rings (SSSR count). The quantitative estimate of drug-likeness (QED) is 0.746. The fourth-order valence-corrected chi connectivity index (χ4v) is 1.82. The highest BCUT2D eigenvalue weighted by Gasteiger charge is 2.33. The van der Waals surface area contributed by atoms with Crippen molar-refractivity contribution < 1.29 is 23.5 Å². The van der Waals surface area contributed by atoms with Gasteiger partial charge in [-0.2, -0.15) is 0 Å². The Morgan fingerprint density at radius 2 is 2.22 bits per heavy atom. The number of carboxylic acids is 1. The molecule has 0 saturated carbocycles. The fourth-order valence-electron chi connectivity index (χ4n) is 1.82. The summed E-state index contributed by atoms with van der Waals surface area (Å²) in [7, 11) is 0. The summed E-state index contributed by atoms with van der Waals surface area (Å²) in [5.74, 6) is -1.50. The molecule has 7 nitrogen and oxygen atoms in total. The Bertz CT molecular complexity index is 613. The molecule has 7 heteroatoms. The van der Waals surface area contributed by atoms with Gasteiger partial charge in [-0.15, -0.1) is 0 Å². The van der Waals surface area contributed by atoms with Crippen molar-refractivity contribution in [2.24, 2.45) is 0 Å². The lowest BCUT2D eigenvalue weighted by molar-refractivity contribution is -0.117. The first-order valence-corrected chi connectivity index (χ1v) is 5.12. The van der Waals surface area contributed by atoms with Crippen molar-refractivity contribution in [2.75, 3.05) is 10.6 Å². The molecule has 2 aromatic rings. The Labute approximate surface area is 100 Å². The molecule has 1 aliphatic rings. The number of carboxylic acid groups (broad SMARTS) is 1. The van der Waals surface area contributed by atoms with Crippen LogP contribution in [0.25, 0.3) is 0 Å². The molecule has 1 unspecified atom stereocenters. The van der Waals surface area contributed by atoms with Gasteiger partial charge in [-0.3, -0.25) is 4.79 Å². The van der Waals surface area contributed by atoms with Crippen LogP contribution in [-0.2, 0) is 4.79 Å². The predicted molar refractivity (Wildman–Crippen MR) is 59.4 cm³/mol. The second-order valence-electron chi connectivity index (χ2n) is 3.74. The first kappa shape index (κ1) is 10.5. The monoisotopic (exact) mass is 248 g/mol. The third-order valence-electron chi connectivity index (χ3n) is 2.62. The number of hydrogen-bond donors (Lipinski definition) is 3. The number of amides is 1. The number of nitrogens with one attached hydrogen (secondary N) is 2. The molecule has 92 valence electrons. The second-order valence-corrected chi connectivity index (χ2v) is 3.74. The van der Waals surface area contributed by atoms with Crippen molar-refractivity contribution in [3.8, 4) is 0 Å². The zero-order valence-corrected chi connectivity index (χ0v) is 8.97. The van der Waals surface area contributed by atoms with E-state index in [-0.39, 0.29) is 11.4 Å². The lowest BCUT2D eigenvalue weighted by Crippen LogP contribution is -2.31. The molecule has 0 aromatic carbocycles. The molecule has 1 atom stereocenters. The highest BCUT2D eigenvalue weighted by atomic mass is 16.4. The molecule has 0 saturated heterocycles.